The van der Waals surface area contributed by atoms with Crippen molar-refractivity contribution in [3.63, 3.8) is 0 Å². The molecule has 2 N–H and O–H groups in total. The van der Waals surface area contributed by atoms with Crippen LogP contribution in [0.4, 0.5) is 0 Å². The number of rotatable bonds is 8. The van der Waals surface area contributed by atoms with Crippen molar-refractivity contribution < 1.29 is 27.5 Å². The molecular weight excluding hydrogens is 372 g/mol. The number of sulfonamides is 1. The summed E-state index contributed by atoms with van der Waals surface area (Å²) >= 11 is 0. The van der Waals surface area contributed by atoms with E-state index in [1.165, 1.54) is 14.1 Å². The Labute approximate surface area is 157 Å². The highest BCUT2D eigenvalue weighted by Gasteiger charge is 2.39. The molecule has 0 aliphatic carbocycles. The van der Waals surface area contributed by atoms with Gasteiger partial charge in [-0.15, -0.1) is 0 Å². The van der Waals surface area contributed by atoms with Gasteiger partial charge < -0.3 is 14.8 Å². The molecule has 1 amide bonds. The van der Waals surface area contributed by atoms with Crippen molar-refractivity contribution in [2.24, 2.45) is 0 Å². The SMILES string of the molecule is CCC(CNC(=O)c1coc(S(=O)(=O)N(C)C)c1)(C(=O)O)c1ccccc1. The average Bonchev–Trinajstić information content (AvgIpc) is 3.14. The molecule has 0 radical (unpaired) electrons. The number of aliphatic carboxylic acids is 1. The molecule has 0 fully saturated rings. The van der Waals surface area contributed by atoms with Crippen molar-refractivity contribution in [2.75, 3.05) is 20.6 Å². The second-order valence-electron chi connectivity index (χ2n) is 6.23. The third kappa shape index (κ3) is 4.04. The monoisotopic (exact) mass is 394 g/mol. The Hall–Kier alpha value is -2.65. The molecule has 0 spiro atoms. The molecule has 8 nitrogen and oxygen atoms in total. The molecule has 1 atom stereocenters. The van der Waals surface area contributed by atoms with Gasteiger partial charge in [0.15, 0.2) is 0 Å². The zero-order chi connectivity index (χ0) is 20.2. The van der Waals surface area contributed by atoms with E-state index < -0.39 is 27.3 Å². The molecule has 1 heterocycles. The fourth-order valence-electron chi connectivity index (χ4n) is 2.62. The van der Waals surface area contributed by atoms with Crippen LogP contribution in [0.1, 0.15) is 29.3 Å². The molecule has 1 aromatic carbocycles. The molecule has 1 aromatic heterocycles. The number of hydrogen-bond donors (Lipinski definition) is 2. The predicted octanol–water partition coefficient (Wildman–Crippen LogP) is 1.69. The summed E-state index contributed by atoms with van der Waals surface area (Å²) in [5, 5.41) is 12.0. The van der Waals surface area contributed by atoms with Gasteiger partial charge in [0.2, 0.25) is 5.09 Å². The number of benzene rings is 1. The Kier molecular flexibility index (Phi) is 6.07. The van der Waals surface area contributed by atoms with Crippen LogP contribution in [0.3, 0.4) is 0 Å². The summed E-state index contributed by atoms with van der Waals surface area (Å²) in [5.41, 5.74) is -0.721. The number of amides is 1. The molecule has 9 heteroatoms. The molecule has 146 valence electrons. The lowest BCUT2D eigenvalue weighted by Gasteiger charge is -2.29. The first-order chi connectivity index (χ1) is 12.6. The van der Waals surface area contributed by atoms with Gasteiger partial charge in [-0.05, 0) is 12.0 Å². The van der Waals surface area contributed by atoms with E-state index in [-0.39, 0.29) is 23.6 Å². The topological polar surface area (TPSA) is 117 Å². The highest BCUT2D eigenvalue weighted by atomic mass is 32.2. The molecule has 0 aliphatic heterocycles. The minimum Gasteiger partial charge on any atom is -0.481 e. The third-order valence-corrected chi connectivity index (χ3v) is 6.15. The predicted molar refractivity (Wildman–Crippen MR) is 98.0 cm³/mol. The van der Waals surface area contributed by atoms with E-state index in [0.29, 0.717) is 5.56 Å². The molecule has 2 aromatic rings. The van der Waals surface area contributed by atoms with Gasteiger partial charge in [-0.25, -0.2) is 12.7 Å². The second kappa shape index (κ2) is 7.93. The Morgan fingerprint density at radius 3 is 2.37 bits per heavy atom. The van der Waals surface area contributed by atoms with Crippen LogP contribution < -0.4 is 5.32 Å². The lowest BCUT2D eigenvalue weighted by Crippen LogP contribution is -2.46. The first kappa shape index (κ1) is 20.7. The zero-order valence-corrected chi connectivity index (χ0v) is 16.1. The average molecular weight is 394 g/mol. The summed E-state index contributed by atoms with van der Waals surface area (Å²) in [6.45, 7) is 1.58. The molecule has 0 aliphatic rings. The summed E-state index contributed by atoms with van der Waals surface area (Å²) in [4.78, 5) is 24.4. The summed E-state index contributed by atoms with van der Waals surface area (Å²) in [6, 6.07) is 9.76. The number of carbonyl (C=O) groups excluding carboxylic acids is 1. The van der Waals surface area contributed by atoms with E-state index in [0.717, 1.165) is 16.6 Å². The minimum atomic E-state index is -3.80. The van der Waals surface area contributed by atoms with Crippen molar-refractivity contribution in [3.8, 4) is 0 Å². The van der Waals surface area contributed by atoms with E-state index in [4.69, 9.17) is 4.42 Å². The lowest BCUT2D eigenvalue weighted by molar-refractivity contribution is -0.143. The maximum Gasteiger partial charge on any atom is 0.315 e. The number of carbonyl (C=O) groups is 2. The number of furan rings is 1. The summed E-state index contributed by atoms with van der Waals surface area (Å²) < 4.78 is 30.0. The van der Waals surface area contributed by atoms with Gasteiger partial charge in [-0.1, -0.05) is 37.3 Å². The smallest absolute Gasteiger partial charge is 0.315 e. The molecule has 0 bridgehead atoms. The maximum absolute atomic E-state index is 12.4. The molecule has 27 heavy (non-hydrogen) atoms. The van der Waals surface area contributed by atoms with Gasteiger partial charge in [0.25, 0.3) is 15.9 Å². The highest BCUT2D eigenvalue weighted by Crippen LogP contribution is 2.28. The van der Waals surface area contributed by atoms with E-state index >= 15 is 0 Å². The van der Waals surface area contributed by atoms with E-state index in [1.807, 2.05) is 0 Å². The molecular formula is C18H22N2O6S. The van der Waals surface area contributed by atoms with Crippen LogP contribution in [0.5, 0.6) is 0 Å². The Balaban J connectivity index is 2.23. The summed E-state index contributed by atoms with van der Waals surface area (Å²) in [5.74, 6) is -1.67. The molecule has 0 saturated heterocycles. The summed E-state index contributed by atoms with van der Waals surface area (Å²) in [6.07, 6.45) is 1.29. The Morgan fingerprint density at radius 2 is 1.85 bits per heavy atom. The number of nitrogens with zero attached hydrogens (tertiary/aromatic N) is 1. The van der Waals surface area contributed by atoms with Crippen LogP contribution in [0.2, 0.25) is 0 Å². The van der Waals surface area contributed by atoms with Gasteiger partial charge in [0, 0.05) is 26.7 Å². The largest absolute Gasteiger partial charge is 0.481 e. The Morgan fingerprint density at radius 1 is 1.22 bits per heavy atom. The van der Waals surface area contributed by atoms with Crippen LogP contribution in [-0.2, 0) is 20.2 Å². The van der Waals surface area contributed by atoms with Gasteiger partial charge in [-0.2, -0.15) is 0 Å². The van der Waals surface area contributed by atoms with Crippen LogP contribution in [-0.4, -0.2) is 50.3 Å². The van der Waals surface area contributed by atoms with E-state index in [1.54, 1.807) is 37.3 Å². The number of nitrogens with one attached hydrogen (secondary N) is 1. The van der Waals surface area contributed by atoms with E-state index in [9.17, 15) is 23.1 Å². The fourth-order valence-corrected chi connectivity index (χ4v) is 3.43. The number of hydrogen-bond acceptors (Lipinski definition) is 5. The third-order valence-electron chi connectivity index (χ3n) is 4.46. The van der Waals surface area contributed by atoms with Crippen molar-refractivity contribution in [1.29, 1.82) is 0 Å². The van der Waals surface area contributed by atoms with E-state index in [2.05, 4.69) is 5.32 Å². The number of carboxylic acid groups (broad SMARTS) is 1. The van der Waals surface area contributed by atoms with Gasteiger partial charge in [0.1, 0.15) is 11.7 Å². The molecule has 2 rings (SSSR count). The normalized spacial score (nSPS) is 13.9. The maximum atomic E-state index is 12.4. The first-order valence-corrected chi connectivity index (χ1v) is 9.67. The van der Waals surface area contributed by atoms with Crippen LogP contribution >= 0.6 is 0 Å². The standard InChI is InChI=1S/C18H22N2O6S/c1-4-18(17(22)23,14-8-6-5-7-9-14)12-19-16(21)13-10-15(26-11-13)27(24,25)20(2)3/h5-11H,4,12H2,1-3H3,(H,19,21)(H,22,23). The Bertz CT molecular complexity index is 920. The first-order valence-electron chi connectivity index (χ1n) is 8.23. The van der Waals surface area contributed by atoms with Crippen LogP contribution in [0.15, 0.2) is 52.2 Å². The second-order valence-corrected chi connectivity index (χ2v) is 8.31. The van der Waals surface area contributed by atoms with Crippen molar-refractivity contribution in [2.45, 2.75) is 23.9 Å². The fraction of sp³-hybridized carbons (Fsp3) is 0.333. The minimum absolute atomic E-state index is 0.00104. The molecule has 0 saturated carbocycles. The van der Waals surface area contributed by atoms with Crippen molar-refractivity contribution in [1.82, 2.24) is 9.62 Å². The van der Waals surface area contributed by atoms with Crippen LogP contribution in [0, 0.1) is 0 Å². The molecule has 1 unspecified atom stereocenters. The van der Waals surface area contributed by atoms with Gasteiger partial charge in [0.05, 0.1) is 5.56 Å². The van der Waals surface area contributed by atoms with Crippen molar-refractivity contribution in [3.05, 3.63) is 53.8 Å². The van der Waals surface area contributed by atoms with Crippen molar-refractivity contribution >= 4 is 21.9 Å². The van der Waals surface area contributed by atoms with Gasteiger partial charge in [-0.3, -0.25) is 9.59 Å². The zero-order valence-electron chi connectivity index (χ0n) is 15.3. The van der Waals surface area contributed by atoms with Crippen LogP contribution in [0.25, 0.3) is 0 Å². The quantitative estimate of drug-likeness (QED) is 0.704. The lowest BCUT2D eigenvalue weighted by atomic mass is 9.78. The summed E-state index contributed by atoms with van der Waals surface area (Å²) in [7, 11) is -1.11. The van der Waals surface area contributed by atoms with Gasteiger partial charge >= 0.3 is 5.97 Å². The number of carboxylic acids is 1. The highest BCUT2D eigenvalue weighted by molar-refractivity contribution is 7.88.